The number of hydrogen-bond donors (Lipinski definition) is 1. The molecular formula is C18H20BrClN2O2. The zero-order valence-electron chi connectivity index (χ0n) is 13.8. The number of nitrogens with zero attached hydrogens (tertiary/aromatic N) is 1. The van der Waals surface area contributed by atoms with Crippen LogP contribution >= 0.6 is 27.5 Å². The van der Waals surface area contributed by atoms with Gasteiger partial charge in [-0.3, -0.25) is 4.79 Å². The van der Waals surface area contributed by atoms with E-state index in [2.05, 4.69) is 26.1 Å². The minimum Gasteiger partial charge on any atom is -0.497 e. The Kier molecular flexibility index (Phi) is 6.66. The summed E-state index contributed by atoms with van der Waals surface area (Å²) in [5.74, 6) is 0.627. The van der Waals surface area contributed by atoms with Crippen LogP contribution < -0.4 is 10.1 Å². The van der Waals surface area contributed by atoms with E-state index in [0.29, 0.717) is 21.6 Å². The molecule has 0 heterocycles. The highest BCUT2D eigenvalue weighted by molar-refractivity contribution is 9.10. The van der Waals surface area contributed by atoms with Crippen LogP contribution in [0.25, 0.3) is 0 Å². The number of rotatable bonds is 6. The fraction of sp³-hybridized carbons (Fsp3) is 0.278. The maximum absolute atomic E-state index is 12.5. The van der Waals surface area contributed by atoms with Crippen molar-refractivity contribution in [1.82, 2.24) is 10.2 Å². The van der Waals surface area contributed by atoms with Crippen LogP contribution in [0.15, 0.2) is 46.9 Å². The van der Waals surface area contributed by atoms with Gasteiger partial charge >= 0.3 is 0 Å². The van der Waals surface area contributed by atoms with E-state index in [1.54, 1.807) is 25.3 Å². The van der Waals surface area contributed by atoms with E-state index in [-0.39, 0.29) is 11.9 Å². The second-order valence-corrected chi connectivity index (χ2v) is 6.88. The number of halogens is 2. The van der Waals surface area contributed by atoms with Crippen molar-refractivity contribution in [3.8, 4) is 5.75 Å². The van der Waals surface area contributed by atoms with Crippen molar-refractivity contribution >= 4 is 33.4 Å². The number of nitrogens with one attached hydrogen (secondary N) is 1. The van der Waals surface area contributed by atoms with Crippen LogP contribution in [0.2, 0.25) is 5.02 Å². The zero-order valence-corrected chi connectivity index (χ0v) is 16.2. The Hall–Kier alpha value is -1.56. The van der Waals surface area contributed by atoms with E-state index in [1.807, 2.05) is 38.4 Å². The van der Waals surface area contributed by atoms with Crippen molar-refractivity contribution < 1.29 is 9.53 Å². The molecule has 24 heavy (non-hydrogen) atoms. The largest absolute Gasteiger partial charge is 0.497 e. The van der Waals surface area contributed by atoms with Gasteiger partial charge in [0.1, 0.15) is 5.75 Å². The van der Waals surface area contributed by atoms with Crippen molar-refractivity contribution in [1.29, 1.82) is 0 Å². The number of methoxy groups -OCH3 is 1. The van der Waals surface area contributed by atoms with Gasteiger partial charge in [0.05, 0.1) is 18.7 Å². The van der Waals surface area contributed by atoms with E-state index >= 15 is 0 Å². The Morgan fingerprint density at radius 3 is 2.71 bits per heavy atom. The highest BCUT2D eigenvalue weighted by Gasteiger charge is 2.17. The molecule has 0 aliphatic carbocycles. The van der Waals surface area contributed by atoms with Crippen LogP contribution in [0.1, 0.15) is 22.0 Å². The third-order valence-electron chi connectivity index (χ3n) is 3.73. The molecule has 1 amide bonds. The van der Waals surface area contributed by atoms with Gasteiger partial charge in [-0.1, -0.05) is 23.7 Å². The number of amides is 1. The number of ether oxygens (including phenoxy) is 1. The van der Waals surface area contributed by atoms with Crippen LogP contribution in [0.4, 0.5) is 0 Å². The number of benzene rings is 2. The Balaban J connectivity index is 2.14. The molecule has 0 radical (unpaired) electrons. The Morgan fingerprint density at radius 2 is 2.04 bits per heavy atom. The average molecular weight is 412 g/mol. The maximum atomic E-state index is 12.5. The molecule has 128 valence electrons. The van der Waals surface area contributed by atoms with Gasteiger partial charge in [-0.15, -0.1) is 0 Å². The normalized spacial score (nSPS) is 12.1. The van der Waals surface area contributed by atoms with E-state index in [1.165, 1.54) is 0 Å². The smallest absolute Gasteiger partial charge is 0.252 e. The molecule has 0 saturated heterocycles. The molecule has 1 atom stereocenters. The van der Waals surface area contributed by atoms with Crippen molar-refractivity contribution in [2.75, 3.05) is 27.7 Å². The zero-order chi connectivity index (χ0) is 17.7. The van der Waals surface area contributed by atoms with E-state index in [0.717, 1.165) is 11.3 Å². The predicted octanol–water partition coefficient (Wildman–Crippen LogP) is 4.14. The molecule has 2 aromatic rings. The SMILES string of the molecule is COc1cccc(C(CNC(=O)c2cc(Cl)ccc2Br)N(C)C)c1. The summed E-state index contributed by atoms with van der Waals surface area (Å²) >= 11 is 9.36. The fourth-order valence-electron chi connectivity index (χ4n) is 2.40. The lowest BCUT2D eigenvalue weighted by atomic mass is 10.1. The molecule has 1 N–H and O–H groups in total. The summed E-state index contributed by atoms with van der Waals surface area (Å²) in [5.41, 5.74) is 1.59. The Labute approximate surface area is 155 Å². The first kappa shape index (κ1) is 18.8. The standard InChI is InChI=1S/C18H20BrClN2O2/c1-22(2)17(12-5-4-6-14(9-12)24-3)11-21-18(23)15-10-13(20)7-8-16(15)19/h4-10,17H,11H2,1-3H3,(H,21,23). The van der Waals surface area contributed by atoms with E-state index in [4.69, 9.17) is 16.3 Å². The van der Waals surface area contributed by atoms with Gasteiger partial charge < -0.3 is 15.0 Å². The fourth-order valence-corrected chi connectivity index (χ4v) is 3.00. The van der Waals surface area contributed by atoms with Crippen molar-refractivity contribution in [2.24, 2.45) is 0 Å². The quantitative estimate of drug-likeness (QED) is 0.776. The van der Waals surface area contributed by atoms with Crippen molar-refractivity contribution in [3.05, 3.63) is 63.1 Å². The third-order valence-corrected chi connectivity index (χ3v) is 4.66. The molecule has 2 aromatic carbocycles. The number of hydrogen-bond acceptors (Lipinski definition) is 3. The second kappa shape index (κ2) is 8.51. The Morgan fingerprint density at radius 1 is 1.29 bits per heavy atom. The number of carbonyl (C=O) groups is 1. The predicted molar refractivity (Wildman–Crippen MR) is 101 cm³/mol. The summed E-state index contributed by atoms with van der Waals surface area (Å²) < 4.78 is 6.00. The first-order chi connectivity index (χ1) is 11.4. The maximum Gasteiger partial charge on any atom is 0.252 e. The Bertz CT molecular complexity index is 722. The van der Waals surface area contributed by atoms with Gasteiger partial charge in [-0.25, -0.2) is 0 Å². The molecule has 2 rings (SSSR count). The lowest BCUT2D eigenvalue weighted by Crippen LogP contribution is -2.34. The molecule has 1 unspecified atom stereocenters. The minimum atomic E-state index is -0.167. The van der Waals surface area contributed by atoms with Gasteiger partial charge in [0, 0.05) is 16.0 Å². The summed E-state index contributed by atoms with van der Waals surface area (Å²) in [7, 11) is 5.60. The summed E-state index contributed by atoms with van der Waals surface area (Å²) in [6.45, 7) is 0.470. The van der Waals surface area contributed by atoms with Crippen molar-refractivity contribution in [3.63, 3.8) is 0 Å². The third kappa shape index (κ3) is 4.72. The van der Waals surface area contributed by atoms with Gasteiger partial charge in [0.2, 0.25) is 0 Å². The first-order valence-corrected chi connectivity index (χ1v) is 8.63. The van der Waals surface area contributed by atoms with Crippen LogP contribution in [0.3, 0.4) is 0 Å². The topological polar surface area (TPSA) is 41.6 Å². The van der Waals surface area contributed by atoms with Crippen LogP contribution in [0.5, 0.6) is 5.75 Å². The molecule has 0 spiro atoms. The summed E-state index contributed by atoms with van der Waals surface area (Å²) in [6.07, 6.45) is 0. The molecule has 0 aromatic heterocycles. The van der Waals surface area contributed by atoms with Gasteiger partial charge in [-0.05, 0) is 65.9 Å². The van der Waals surface area contributed by atoms with Gasteiger partial charge in [-0.2, -0.15) is 0 Å². The molecule has 4 nitrogen and oxygen atoms in total. The molecule has 0 bridgehead atoms. The van der Waals surface area contributed by atoms with Crippen LogP contribution in [-0.2, 0) is 0 Å². The number of carbonyl (C=O) groups excluding carboxylic acids is 1. The van der Waals surface area contributed by atoms with Gasteiger partial charge in [0.15, 0.2) is 0 Å². The van der Waals surface area contributed by atoms with E-state index in [9.17, 15) is 4.79 Å². The first-order valence-electron chi connectivity index (χ1n) is 7.46. The lowest BCUT2D eigenvalue weighted by molar-refractivity contribution is 0.0941. The average Bonchev–Trinajstić information content (AvgIpc) is 2.57. The molecule has 0 saturated carbocycles. The minimum absolute atomic E-state index is 0.0296. The van der Waals surface area contributed by atoms with E-state index < -0.39 is 0 Å². The summed E-state index contributed by atoms with van der Waals surface area (Å²) in [4.78, 5) is 14.5. The molecule has 0 fully saturated rings. The summed E-state index contributed by atoms with van der Waals surface area (Å²) in [6, 6.07) is 13.0. The highest BCUT2D eigenvalue weighted by atomic mass is 79.9. The monoisotopic (exact) mass is 410 g/mol. The van der Waals surface area contributed by atoms with Crippen LogP contribution in [-0.4, -0.2) is 38.6 Å². The highest BCUT2D eigenvalue weighted by Crippen LogP contribution is 2.23. The molecular weight excluding hydrogens is 392 g/mol. The molecule has 0 aliphatic heterocycles. The molecule has 0 aliphatic rings. The lowest BCUT2D eigenvalue weighted by Gasteiger charge is -2.25. The molecule has 6 heteroatoms. The second-order valence-electron chi connectivity index (χ2n) is 5.59. The van der Waals surface area contributed by atoms with Crippen molar-refractivity contribution in [2.45, 2.75) is 6.04 Å². The van der Waals surface area contributed by atoms with Crippen LogP contribution in [0, 0.1) is 0 Å². The van der Waals surface area contributed by atoms with Gasteiger partial charge in [0.25, 0.3) is 5.91 Å². The number of likely N-dealkylation sites (N-methyl/N-ethyl adjacent to an activating group) is 1. The summed E-state index contributed by atoms with van der Waals surface area (Å²) in [5, 5.41) is 3.50.